The number of rotatable bonds is 5. The van der Waals surface area contributed by atoms with Crippen molar-refractivity contribution in [1.82, 2.24) is 4.98 Å². The molecule has 0 aliphatic heterocycles. The van der Waals surface area contributed by atoms with E-state index in [9.17, 15) is 9.18 Å². The summed E-state index contributed by atoms with van der Waals surface area (Å²) in [5.74, 6) is -0.555. The van der Waals surface area contributed by atoms with Gasteiger partial charge in [-0.2, -0.15) is 0 Å². The Labute approximate surface area is 145 Å². The Balaban J connectivity index is 1.64. The molecule has 126 valence electrons. The molecule has 3 aromatic rings. The number of aryl methyl sites for hydroxylation is 1. The summed E-state index contributed by atoms with van der Waals surface area (Å²) in [6.45, 7) is 2.08. The fourth-order valence-electron chi connectivity index (χ4n) is 2.32. The summed E-state index contributed by atoms with van der Waals surface area (Å²) in [5, 5.41) is 5.92. The number of aromatic nitrogens is 1. The average molecular weight is 335 g/mol. The summed E-state index contributed by atoms with van der Waals surface area (Å²) in [4.78, 5) is 16.4. The molecule has 3 rings (SSSR count). The van der Waals surface area contributed by atoms with Crippen LogP contribution < -0.4 is 10.6 Å². The van der Waals surface area contributed by atoms with Crippen molar-refractivity contribution >= 4 is 23.0 Å². The molecule has 0 unspecified atom stereocenters. The number of benzene rings is 2. The highest BCUT2D eigenvalue weighted by molar-refractivity contribution is 6.02. The Morgan fingerprint density at radius 2 is 1.56 bits per heavy atom. The number of hydrogen-bond acceptors (Lipinski definition) is 3. The van der Waals surface area contributed by atoms with Gasteiger partial charge in [0, 0.05) is 11.4 Å². The number of hydrogen-bond donors (Lipinski definition) is 2. The molecule has 2 aromatic carbocycles. The maximum atomic E-state index is 12.9. The zero-order valence-corrected chi connectivity index (χ0v) is 13.8. The minimum Gasteiger partial charge on any atom is -0.354 e. The minimum absolute atomic E-state index is 0.266. The predicted molar refractivity (Wildman–Crippen MR) is 97.7 cm³/mol. The zero-order chi connectivity index (χ0) is 17.6. The van der Waals surface area contributed by atoms with Gasteiger partial charge in [-0.15, -0.1) is 0 Å². The Bertz CT molecular complexity index is 844. The molecule has 1 aromatic heterocycles. The van der Waals surface area contributed by atoms with Crippen molar-refractivity contribution in [3.8, 4) is 0 Å². The van der Waals surface area contributed by atoms with E-state index < -0.39 is 0 Å². The van der Waals surface area contributed by atoms with Crippen molar-refractivity contribution in [3.63, 3.8) is 0 Å². The zero-order valence-electron chi connectivity index (χ0n) is 13.8. The first-order valence-electron chi connectivity index (χ1n) is 8.03. The first kappa shape index (κ1) is 16.6. The maximum absolute atomic E-state index is 12.9. The van der Waals surface area contributed by atoms with Crippen molar-refractivity contribution in [2.45, 2.75) is 13.3 Å². The molecule has 0 saturated carbocycles. The number of nitrogens with one attached hydrogen (secondary N) is 2. The van der Waals surface area contributed by atoms with Crippen LogP contribution in [-0.4, -0.2) is 10.9 Å². The first-order valence-corrected chi connectivity index (χ1v) is 8.03. The predicted octanol–water partition coefficient (Wildman–Crippen LogP) is 4.78. The van der Waals surface area contributed by atoms with Gasteiger partial charge in [-0.25, -0.2) is 9.37 Å². The van der Waals surface area contributed by atoms with Crippen LogP contribution in [0.3, 0.4) is 0 Å². The Morgan fingerprint density at radius 3 is 2.16 bits per heavy atom. The van der Waals surface area contributed by atoms with Crippen LogP contribution in [0.25, 0.3) is 0 Å². The van der Waals surface area contributed by atoms with E-state index in [-0.39, 0.29) is 11.7 Å². The fraction of sp³-hybridized carbons (Fsp3) is 0.100. The SMILES string of the molecule is CCc1ccc(NC(=O)c2ccc(Nc3ccc(F)cc3)cn2)cc1. The van der Waals surface area contributed by atoms with Crippen LogP contribution in [0.4, 0.5) is 21.5 Å². The van der Waals surface area contributed by atoms with E-state index in [0.717, 1.165) is 23.5 Å². The number of carbonyl (C=O) groups excluding carboxylic acids is 1. The molecule has 0 bridgehead atoms. The molecule has 4 nitrogen and oxygen atoms in total. The van der Waals surface area contributed by atoms with E-state index in [0.29, 0.717) is 5.69 Å². The fourth-order valence-corrected chi connectivity index (χ4v) is 2.32. The standard InChI is InChI=1S/C20H18FN3O/c1-2-14-3-7-17(8-4-14)24-20(25)19-12-11-18(13-22-19)23-16-9-5-15(21)6-10-16/h3-13,23H,2H2,1H3,(H,24,25). The van der Waals surface area contributed by atoms with Crippen molar-refractivity contribution in [3.05, 3.63) is 83.9 Å². The van der Waals surface area contributed by atoms with Crippen molar-refractivity contribution in [1.29, 1.82) is 0 Å². The lowest BCUT2D eigenvalue weighted by molar-refractivity contribution is 0.102. The van der Waals surface area contributed by atoms with Gasteiger partial charge in [-0.05, 0) is 60.5 Å². The second-order valence-electron chi connectivity index (χ2n) is 5.57. The molecule has 2 N–H and O–H groups in total. The summed E-state index contributed by atoms with van der Waals surface area (Å²) < 4.78 is 12.9. The van der Waals surface area contributed by atoms with Crippen LogP contribution in [0, 0.1) is 5.82 Å². The number of carbonyl (C=O) groups is 1. The third-order valence-electron chi connectivity index (χ3n) is 3.75. The molecule has 0 saturated heterocycles. The summed E-state index contributed by atoms with van der Waals surface area (Å²) in [6.07, 6.45) is 2.52. The second kappa shape index (κ2) is 7.57. The van der Waals surface area contributed by atoms with Gasteiger partial charge < -0.3 is 10.6 Å². The van der Waals surface area contributed by atoms with Crippen molar-refractivity contribution in [2.75, 3.05) is 10.6 Å². The second-order valence-corrected chi connectivity index (χ2v) is 5.57. The van der Waals surface area contributed by atoms with E-state index in [4.69, 9.17) is 0 Å². The van der Waals surface area contributed by atoms with Gasteiger partial charge in [0.05, 0.1) is 11.9 Å². The van der Waals surface area contributed by atoms with Gasteiger partial charge in [0.25, 0.3) is 5.91 Å². The van der Waals surface area contributed by atoms with Gasteiger partial charge in [0.15, 0.2) is 0 Å². The first-order chi connectivity index (χ1) is 12.1. The highest BCUT2D eigenvalue weighted by Gasteiger charge is 2.08. The summed E-state index contributed by atoms with van der Waals surface area (Å²) in [7, 11) is 0. The number of halogens is 1. The number of nitrogens with zero attached hydrogens (tertiary/aromatic N) is 1. The van der Waals surface area contributed by atoms with E-state index in [2.05, 4.69) is 22.5 Å². The highest BCUT2D eigenvalue weighted by Crippen LogP contribution is 2.17. The highest BCUT2D eigenvalue weighted by atomic mass is 19.1. The van der Waals surface area contributed by atoms with Gasteiger partial charge >= 0.3 is 0 Å². The lowest BCUT2D eigenvalue weighted by atomic mass is 10.1. The molecule has 0 radical (unpaired) electrons. The summed E-state index contributed by atoms with van der Waals surface area (Å²) in [5.41, 5.74) is 3.74. The van der Waals surface area contributed by atoms with Crippen LogP contribution >= 0.6 is 0 Å². The number of pyridine rings is 1. The Morgan fingerprint density at radius 1 is 0.920 bits per heavy atom. The molecule has 0 aliphatic rings. The molecule has 0 aliphatic carbocycles. The normalized spacial score (nSPS) is 10.3. The van der Waals surface area contributed by atoms with Crippen LogP contribution in [0.2, 0.25) is 0 Å². The third kappa shape index (κ3) is 4.41. The minimum atomic E-state index is -0.289. The molecule has 5 heteroatoms. The van der Waals surface area contributed by atoms with Crippen molar-refractivity contribution < 1.29 is 9.18 Å². The Hall–Kier alpha value is -3.21. The lowest BCUT2D eigenvalue weighted by Gasteiger charge is -2.08. The Kier molecular flexibility index (Phi) is 5.04. The molecule has 1 heterocycles. The summed E-state index contributed by atoms with van der Waals surface area (Å²) in [6, 6.07) is 17.1. The monoisotopic (exact) mass is 335 g/mol. The maximum Gasteiger partial charge on any atom is 0.274 e. The molecular weight excluding hydrogens is 317 g/mol. The molecule has 25 heavy (non-hydrogen) atoms. The van der Waals surface area contributed by atoms with E-state index in [1.54, 1.807) is 30.5 Å². The van der Waals surface area contributed by atoms with Gasteiger partial charge in [0.1, 0.15) is 11.5 Å². The smallest absolute Gasteiger partial charge is 0.274 e. The van der Waals surface area contributed by atoms with E-state index >= 15 is 0 Å². The largest absolute Gasteiger partial charge is 0.354 e. The third-order valence-corrected chi connectivity index (χ3v) is 3.75. The van der Waals surface area contributed by atoms with E-state index in [1.807, 2.05) is 24.3 Å². The summed E-state index contributed by atoms with van der Waals surface area (Å²) >= 11 is 0. The molecule has 0 spiro atoms. The van der Waals surface area contributed by atoms with Crippen molar-refractivity contribution in [2.24, 2.45) is 0 Å². The van der Waals surface area contributed by atoms with Gasteiger partial charge in [0.2, 0.25) is 0 Å². The van der Waals surface area contributed by atoms with Gasteiger partial charge in [-0.3, -0.25) is 4.79 Å². The average Bonchev–Trinajstić information content (AvgIpc) is 2.65. The quantitative estimate of drug-likeness (QED) is 0.705. The van der Waals surface area contributed by atoms with Gasteiger partial charge in [-0.1, -0.05) is 19.1 Å². The lowest BCUT2D eigenvalue weighted by Crippen LogP contribution is -2.13. The van der Waals surface area contributed by atoms with Crippen LogP contribution in [0.5, 0.6) is 0 Å². The van der Waals surface area contributed by atoms with Crippen LogP contribution in [0.15, 0.2) is 66.9 Å². The number of amides is 1. The molecule has 0 atom stereocenters. The molecule has 0 fully saturated rings. The van der Waals surface area contributed by atoms with Crippen LogP contribution in [-0.2, 0) is 6.42 Å². The number of anilines is 3. The topological polar surface area (TPSA) is 54.0 Å². The molecular formula is C20H18FN3O. The van der Waals surface area contributed by atoms with Crippen LogP contribution in [0.1, 0.15) is 23.0 Å². The molecule has 1 amide bonds. The van der Waals surface area contributed by atoms with E-state index in [1.165, 1.54) is 17.7 Å².